The van der Waals surface area contributed by atoms with Crippen molar-refractivity contribution in [3.8, 4) is 0 Å². The highest BCUT2D eigenvalue weighted by atomic mass is 32.2. The van der Waals surface area contributed by atoms with Gasteiger partial charge in [-0.05, 0) is 38.8 Å². The molecule has 3 aliphatic heterocycles. The third-order valence-corrected chi connectivity index (χ3v) is 8.77. The third kappa shape index (κ3) is 5.57. The topological polar surface area (TPSA) is 237 Å². The van der Waals surface area contributed by atoms with E-state index in [1.165, 1.54) is 42.0 Å². The number of carboxylic acids is 1. The Kier molecular flexibility index (Phi) is 7.74. The van der Waals surface area contributed by atoms with E-state index in [1.54, 1.807) is 13.0 Å². The molecule has 2 aromatic rings. The number of carboxylic acid groups (broad SMARTS) is 1. The molecular formula is C25H26N8O8S2. The summed E-state index contributed by atoms with van der Waals surface area (Å²) in [6.45, 7) is 4.75. The average molecular weight is 631 g/mol. The highest BCUT2D eigenvalue weighted by molar-refractivity contribution is 8.00. The monoisotopic (exact) mass is 630 g/mol. The molecule has 0 radical (unpaired) electrons. The lowest BCUT2D eigenvalue weighted by Crippen LogP contribution is -2.71. The number of oxime groups is 1. The molecule has 2 aromatic heterocycles. The first kappa shape index (κ1) is 29.8. The molecule has 0 saturated carbocycles. The number of hydrogen-bond acceptors (Lipinski definition) is 13. The smallest absolute Gasteiger partial charge is 0.352 e. The summed E-state index contributed by atoms with van der Waals surface area (Å²) in [4.78, 5) is 75.2. The van der Waals surface area contributed by atoms with Crippen molar-refractivity contribution in [1.29, 1.82) is 0 Å². The molecule has 0 unspecified atom stereocenters. The summed E-state index contributed by atoms with van der Waals surface area (Å²) < 4.78 is 5.05. The van der Waals surface area contributed by atoms with E-state index in [0.29, 0.717) is 30.1 Å². The van der Waals surface area contributed by atoms with Crippen LogP contribution in [-0.4, -0.2) is 84.8 Å². The second-order valence-corrected chi connectivity index (χ2v) is 12.2. The molecule has 16 nitrogen and oxygen atoms in total. The number of nitrogens with two attached hydrogens (primary N) is 2. The van der Waals surface area contributed by atoms with Crippen LogP contribution in [0.2, 0.25) is 0 Å². The maximum atomic E-state index is 13.3. The summed E-state index contributed by atoms with van der Waals surface area (Å²) in [5.41, 5.74) is 9.51. The lowest BCUT2D eigenvalue weighted by molar-refractivity contribution is -0.150. The van der Waals surface area contributed by atoms with Crippen LogP contribution >= 0.6 is 23.1 Å². The molecule has 0 aromatic carbocycles. The van der Waals surface area contributed by atoms with Crippen LogP contribution in [0.3, 0.4) is 0 Å². The van der Waals surface area contributed by atoms with Crippen LogP contribution < -0.4 is 21.7 Å². The number of aryl methyl sites for hydroxylation is 1. The number of allylic oxidation sites excluding steroid dienone is 1. The van der Waals surface area contributed by atoms with Crippen LogP contribution in [0.25, 0.3) is 0 Å². The number of nitrogens with one attached hydrogen (secondary N) is 1. The minimum Gasteiger partial charge on any atom is -0.477 e. The van der Waals surface area contributed by atoms with E-state index >= 15 is 0 Å². The summed E-state index contributed by atoms with van der Waals surface area (Å²) in [5, 5.41) is 21.1. The SMILES string of the molecule is Cc1cc(N2CCC(=CC3=C(C(=O)O)N4C(=O)[C@@H](NC(=O)C(=NOC(C)(C)C(N)=O)c5csc(N)n5)[C@H]4SC3)C2=O)no1. The highest BCUT2D eigenvalue weighted by Gasteiger charge is 2.54. The lowest BCUT2D eigenvalue weighted by atomic mass is 10.0. The van der Waals surface area contributed by atoms with Crippen molar-refractivity contribution in [2.45, 2.75) is 44.2 Å². The summed E-state index contributed by atoms with van der Waals surface area (Å²) in [7, 11) is 0. The molecule has 5 rings (SSSR count). The standard InChI is InChI=1S/C25H26N8O8S2/c1-10-6-14(30-40-10)32-5-4-11(19(32)35)7-12-8-42-21-16(20(36)33(21)17(12)22(37)38)29-18(34)15(13-9-43-24(27)28-13)31-41-25(2,3)23(26)39/h6-7,9,16,21H,4-5,8H2,1-3H3,(H2,26,39)(H2,27,28)(H,29,34)(H,37,38)/t16-,21-/m1/s1. The van der Waals surface area contributed by atoms with Crippen LogP contribution in [0.1, 0.15) is 31.7 Å². The zero-order valence-electron chi connectivity index (χ0n) is 23.0. The molecule has 18 heteroatoms. The maximum Gasteiger partial charge on any atom is 0.352 e. The Morgan fingerprint density at radius 2 is 2.07 bits per heavy atom. The van der Waals surface area contributed by atoms with Gasteiger partial charge in [0.25, 0.3) is 23.6 Å². The van der Waals surface area contributed by atoms with E-state index < -0.39 is 40.7 Å². The Labute approximate surface area is 251 Å². The molecule has 4 amide bonds. The predicted octanol–water partition coefficient (Wildman–Crippen LogP) is 0.108. The molecule has 2 saturated heterocycles. The molecule has 0 bridgehead atoms. The molecular weight excluding hydrogens is 604 g/mol. The molecule has 5 heterocycles. The number of primary amides is 1. The van der Waals surface area contributed by atoms with Crippen LogP contribution in [0.4, 0.5) is 10.9 Å². The van der Waals surface area contributed by atoms with Crippen LogP contribution in [0.15, 0.2) is 44.0 Å². The first-order valence-corrected chi connectivity index (χ1v) is 14.7. The molecule has 0 spiro atoms. The highest BCUT2D eigenvalue weighted by Crippen LogP contribution is 2.41. The van der Waals surface area contributed by atoms with Crippen molar-refractivity contribution in [1.82, 2.24) is 20.4 Å². The van der Waals surface area contributed by atoms with Crippen molar-refractivity contribution >= 4 is 69.4 Å². The predicted molar refractivity (Wildman–Crippen MR) is 153 cm³/mol. The van der Waals surface area contributed by atoms with Crippen LogP contribution in [-0.2, 0) is 28.8 Å². The number of nitrogen functional groups attached to an aromatic ring is 1. The number of aliphatic carboxylic acids is 1. The summed E-state index contributed by atoms with van der Waals surface area (Å²) in [5.74, 6) is -3.01. The molecule has 0 aliphatic carbocycles. The molecule has 6 N–H and O–H groups in total. The molecule has 226 valence electrons. The number of anilines is 2. The van der Waals surface area contributed by atoms with Gasteiger partial charge in [-0.1, -0.05) is 10.3 Å². The molecule has 3 aliphatic rings. The van der Waals surface area contributed by atoms with Gasteiger partial charge in [0.05, 0.1) is 0 Å². The van der Waals surface area contributed by atoms with Gasteiger partial charge < -0.3 is 31.3 Å². The second-order valence-electron chi connectivity index (χ2n) is 10.2. The second kappa shape index (κ2) is 11.2. The summed E-state index contributed by atoms with van der Waals surface area (Å²) in [6, 6.07) is 0.520. The van der Waals surface area contributed by atoms with Crippen LogP contribution in [0.5, 0.6) is 0 Å². The number of thiazole rings is 1. The minimum atomic E-state index is -1.56. The number of rotatable bonds is 9. The first-order chi connectivity index (χ1) is 20.3. The fraction of sp³-hybridized carbons (Fsp3) is 0.360. The van der Waals surface area contributed by atoms with Crippen LogP contribution in [0, 0.1) is 6.92 Å². The molecule has 2 atom stereocenters. The van der Waals surface area contributed by atoms with E-state index in [4.69, 9.17) is 20.8 Å². The van der Waals surface area contributed by atoms with Gasteiger partial charge in [-0.15, -0.1) is 23.1 Å². The van der Waals surface area contributed by atoms with Crippen molar-refractivity contribution in [2.24, 2.45) is 10.9 Å². The average Bonchev–Trinajstić information content (AvgIpc) is 3.67. The Morgan fingerprint density at radius 3 is 2.67 bits per heavy atom. The number of nitrogens with zero attached hydrogens (tertiary/aromatic N) is 5. The fourth-order valence-corrected chi connectivity index (χ4v) is 6.28. The zero-order chi connectivity index (χ0) is 31.2. The molecule has 43 heavy (non-hydrogen) atoms. The number of carbonyl (C=O) groups is 5. The largest absolute Gasteiger partial charge is 0.477 e. The lowest BCUT2D eigenvalue weighted by Gasteiger charge is -2.49. The summed E-state index contributed by atoms with van der Waals surface area (Å²) in [6.07, 6.45) is 1.84. The quantitative estimate of drug-likeness (QED) is 0.125. The van der Waals surface area contributed by atoms with Gasteiger partial charge in [0.1, 0.15) is 28.6 Å². The fourth-order valence-electron chi connectivity index (χ4n) is 4.43. The normalized spacial score (nSPS) is 21.7. The summed E-state index contributed by atoms with van der Waals surface area (Å²) >= 11 is 2.25. The van der Waals surface area contributed by atoms with Gasteiger partial charge in [0, 0.05) is 29.3 Å². The Hall–Kier alpha value is -4.71. The minimum absolute atomic E-state index is 0.0382. The van der Waals surface area contributed by atoms with Gasteiger partial charge >= 0.3 is 5.97 Å². The first-order valence-electron chi connectivity index (χ1n) is 12.7. The van der Waals surface area contributed by atoms with Crippen molar-refractivity contribution in [3.05, 3.63) is 45.8 Å². The van der Waals surface area contributed by atoms with Gasteiger partial charge in [-0.3, -0.25) is 29.0 Å². The van der Waals surface area contributed by atoms with Gasteiger partial charge in [-0.2, -0.15) is 0 Å². The van der Waals surface area contributed by atoms with E-state index in [0.717, 1.165) is 16.2 Å². The number of amides is 4. The van der Waals surface area contributed by atoms with Crippen molar-refractivity contribution in [2.75, 3.05) is 22.9 Å². The van der Waals surface area contributed by atoms with Gasteiger partial charge in [-0.25, -0.2) is 9.78 Å². The number of aromatic nitrogens is 2. The maximum absolute atomic E-state index is 13.3. The van der Waals surface area contributed by atoms with E-state index in [9.17, 15) is 29.1 Å². The van der Waals surface area contributed by atoms with Gasteiger partial charge in [0.2, 0.25) is 5.60 Å². The molecule has 2 fully saturated rings. The van der Waals surface area contributed by atoms with E-state index in [2.05, 4.69) is 20.6 Å². The number of carbonyl (C=O) groups excluding carboxylic acids is 4. The number of hydrogen-bond donors (Lipinski definition) is 4. The Balaban J connectivity index is 1.36. The van der Waals surface area contributed by atoms with E-state index in [-0.39, 0.29) is 39.5 Å². The van der Waals surface area contributed by atoms with Crippen molar-refractivity contribution < 1.29 is 38.4 Å². The van der Waals surface area contributed by atoms with E-state index in [1.807, 2.05) is 0 Å². The number of β-lactam (4-membered cyclic amide) rings is 1. The zero-order valence-corrected chi connectivity index (χ0v) is 24.7. The van der Waals surface area contributed by atoms with Gasteiger partial charge in [0.15, 0.2) is 16.7 Å². The third-order valence-electron chi connectivity index (χ3n) is 6.79. The Bertz CT molecular complexity index is 1640. The number of fused-ring (bicyclic) bond motifs is 1. The Morgan fingerprint density at radius 1 is 1.33 bits per heavy atom. The van der Waals surface area contributed by atoms with Crippen molar-refractivity contribution in [3.63, 3.8) is 0 Å². The number of thioether (sulfide) groups is 1.